The molecule has 0 spiro atoms. The molecule has 0 amide bonds. The Kier molecular flexibility index (Phi) is 5.41. The van der Waals surface area contributed by atoms with Crippen LogP contribution in [0.4, 0.5) is 0 Å². The third kappa shape index (κ3) is 4.18. The van der Waals surface area contributed by atoms with Crippen molar-refractivity contribution in [3.63, 3.8) is 0 Å². The van der Waals surface area contributed by atoms with E-state index in [2.05, 4.69) is 0 Å². The van der Waals surface area contributed by atoms with Gasteiger partial charge < -0.3 is 8.83 Å². The molecular formula is C34H22O4+2. The highest BCUT2D eigenvalue weighted by Crippen LogP contribution is 2.20. The summed E-state index contributed by atoms with van der Waals surface area (Å²) in [5.74, 6) is 2.86. The fourth-order valence-corrected chi connectivity index (χ4v) is 4.66. The van der Waals surface area contributed by atoms with E-state index in [1.165, 1.54) is 0 Å². The normalized spacial score (nSPS) is 16.1. The van der Waals surface area contributed by atoms with Gasteiger partial charge in [-0.05, 0) is 47.5 Å². The maximum Gasteiger partial charge on any atom is 0.365 e. The van der Waals surface area contributed by atoms with E-state index in [0.29, 0.717) is 22.3 Å². The minimum atomic E-state index is 0.710. The van der Waals surface area contributed by atoms with Gasteiger partial charge in [0.15, 0.2) is 0 Å². The second-order valence-electron chi connectivity index (χ2n) is 8.96. The molecule has 4 aromatic rings. The van der Waals surface area contributed by atoms with Gasteiger partial charge in [-0.3, -0.25) is 0 Å². The molecule has 4 nitrogen and oxygen atoms in total. The molecule has 38 heavy (non-hydrogen) atoms. The molecule has 0 N–H and O–H groups in total. The lowest BCUT2D eigenvalue weighted by Crippen LogP contribution is -2.13. The number of hydrogen-bond donors (Lipinski definition) is 0. The summed E-state index contributed by atoms with van der Waals surface area (Å²) in [6.07, 6.45) is 15.4. The van der Waals surface area contributed by atoms with Gasteiger partial charge >= 0.3 is 23.1 Å². The maximum atomic E-state index is 6.26. The second-order valence-corrected chi connectivity index (χ2v) is 8.96. The molecule has 0 saturated carbocycles. The van der Waals surface area contributed by atoms with Crippen LogP contribution in [0.5, 0.6) is 0 Å². The highest BCUT2D eigenvalue weighted by molar-refractivity contribution is 6.27. The lowest BCUT2D eigenvalue weighted by Gasteiger charge is -1.98. The number of allylic oxidation sites excluding steroid dienone is 6. The Balaban J connectivity index is 1.49. The fourth-order valence-electron chi connectivity index (χ4n) is 4.66. The number of fused-ring (bicyclic) bond motifs is 6. The Morgan fingerprint density at radius 1 is 0.421 bits per heavy atom. The van der Waals surface area contributed by atoms with Crippen molar-refractivity contribution in [2.24, 2.45) is 0 Å². The number of benzene rings is 2. The first-order chi connectivity index (χ1) is 18.8. The lowest BCUT2D eigenvalue weighted by atomic mass is 10.0. The van der Waals surface area contributed by atoms with Crippen LogP contribution in [-0.2, 0) is 8.85 Å². The van der Waals surface area contributed by atoms with Crippen molar-refractivity contribution in [1.82, 2.24) is 0 Å². The van der Waals surface area contributed by atoms with Gasteiger partial charge in [0.25, 0.3) is 0 Å². The highest BCUT2D eigenvalue weighted by atomic mass is 16.4. The van der Waals surface area contributed by atoms with Crippen LogP contribution in [0.3, 0.4) is 0 Å². The molecule has 0 atom stereocenters. The van der Waals surface area contributed by atoms with Crippen LogP contribution >= 0.6 is 0 Å². The van der Waals surface area contributed by atoms with Gasteiger partial charge in [-0.2, -0.15) is 0 Å². The Labute approximate surface area is 218 Å². The van der Waals surface area contributed by atoms with E-state index >= 15 is 0 Å². The average Bonchev–Trinajstić information content (AvgIpc) is 3.77. The number of hydrogen-bond acceptors (Lipinski definition) is 2. The largest absolute Gasteiger partial charge is 0.456 e. The topological polar surface area (TPSA) is 48.9 Å². The van der Waals surface area contributed by atoms with Crippen LogP contribution in [0.1, 0.15) is 11.1 Å². The van der Waals surface area contributed by atoms with Gasteiger partial charge in [-0.1, -0.05) is 60.7 Å². The molecule has 2 aromatic carbocycles. The van der Waals surface area contributed by atoms with E-state index in [1.807, 2.05) is 134 Å². The zero-order valence-electron chi connectivity index (χ0n) is 20.3. The molecule has 5 heterocycles. The Morgan fingerprint density at radius 2 is 0.868 bits per heavy atom. The summed E-state index contributed by atoms with van der Waals surface area (Å²) >= 11 is 0. The molecular weight excluding hydrogens is 472 g/mol. The fraction of sp³-hybridized carbons (Fsp3) is 0. The third-order valence-electron chi connectivity index (χ3n) is 6.44. The standard InChI is InChI=1S/C34H22O4/c1-3-7-23(8-4-1)33-29-19-15-25(35-29)11-13-27-17-21-31(37-27)34(24-9-5-2-6-10-24)32-22-18-28(38-32)14-12-26-16-20-30(33)36-26/h1-22H/q+2. The van der Waals surface area contributed by atoms with Gasteiger partial charge in [0, 0.05) is 0 Å². The van der Waals surface area contributed by atoms with E-state index in [0.717, 1.165) is 44.7 Å². The molecule has 0 unspecified atom stereocenters. The SMILES string of the molecule is C1=CC2=[O+]C1=CC=C1C=CC(=[O+]1)C(c1ccccc1)=c1ccc(o1)=CC=c1ccc(o1)=C2c1ccccc1. The molecule has 0 aliphatic carbocycles. The predicted molar refractivity (Wildman–Crippen MR) is 147 cm³/mol. The summed E-state index contributed by atoms with van der Waals surface area (Å²) in [6, 6.07) is 28.0. The first-order valence-electron chi connectivity index (χ1n) is 12.4. The summed E-state index contributed by atoms with van der Waals surface area (Å²) in [5.41, 5.74) is 6.64. The van der Waals surface area contributed by atoms with Gasteiger partial charge in [-0.15, -0.1) is 0 Å². The van der Waals surface area contributed by atoms with Crippen LogP contribution in [-0.4, -0.2) is 11.6 Å². The lowest BCUT2D eigenvalue weighted by molar-refractivity contribution is -0.387. The van der Waals surface area contributed by atoms with Gasteiger partial charge in [0.2, 0.25) is 0 Å². The average molecular weight is 495 g/mol. The molecule has 180 valence electrons. The maximum absolute atomic E-state index is 6.26. The minimum Gasteiger partial charge on any atom is -0.456 e. The monoisotopic (exact) mass is 494 g/mol. The molecule has 2 aromatic heterocycles. The second kappa shape index (κ2) is 9.34. The number of carbonyl (C=O) groups excluding carboxylic acids is 2. The molecule has 7 rings (SSSR count). The number of furan rings is 2. The van der Waals surface area contributed by atoms with Crippen molar-refractivity contribution in [3.05, 3.63) is 166 Å². The molecule has 4 heteroatoms. The third-order valence-corrected chi connectivity index (χ3v) is 6.44. The van der Waals surface area contributed by atoms with Gasteiger partial charge in [-0.25, -0.2) is 8.85 Å². The number of ketones is 2. The van der Waals surface area contributed by atoms with Gasteiger partial charge in [0.05, 0.1) is 36.5 Å². The van der Waals surface area contributed by atoms with Crippen molar-refractivity contribution < 1.29 is 17.7 Å². The quantitative estimate of drug-likeness (QED) is 0.400. The van der Waals surface area contributed by atoms with Crippen LogP contribution in [0, 0.1) is 0 Å². The summed E-state index contributed by atoms with van der Waals surface area (Å²) in [5, 5.41) is 0. The van der Waals surface area contributed by atoms with Crippen LogP contribution in [0.15, 0.2) is 142 Å². The van der Waals surface area contributed by atoms with E-state index in [4.69, 9.17) is 17.7 Å². The van der Waals surface area contributed by atoms with Crippen molar-refractivity contribution in [2.75, 3.05) is 0 Å². The Hall–Kier alpha value is -5.22. The first kappa shape index (κ1) is 22.0. The predicted octanol–water partition coefficient (Wildman–Crippen LogP) is 3.66. The van der Waals surface area contributed by atoms with Crippen molar-refractivity contribution in [3.8, 4) is 0 Å². The zero-order chi connectivity index (χ0) is 25.3. The van der Waals surface area contributed by atoms with Gasteiger partial charge in [0.1, 0.15) is 32.8 Å². The Morgan fingerprint density at radius 3 is 1.32 bits per heavy atom. The summed E-state index contributed by atoms with van der Waals surface area (Å²) < 4.78 is 25.0. The molecule has 0 saturated heterocycles. The van der Waals surface area contributed by atoms with E-state index < -0.39 is 0 Å². The summed E-state index contributed by atoms with van der Waals surface area (Å²) in [7, 11) is 0. The summed E-state index contributed by atoms with van der Waals surface area (Å²) in [4.78, 5) is 0. The molecule has 3 aliphatic rings. The van der Waals surface area contributed by atoms with E-state index in [9.17, 15) is 0 Å². The molecule has 0 radical (unpaired) electrons. The van der Waals surface area contributed by atoms with Crippen molar-refractivity contribution in [2.45, 2.75) is 0 Å². The van der Waals surface area contributed by atoms with Crippen molar-refractivity contribution in [1.29, 1.82) is 0 Å². The smallest absolute Gasteiger partial charge is 0.365 e. The molecule has 0 fully saturated rings. The molecule has 3 aliphatic heterocycles. The first-order valence-corrected chi connectivity index (χ1v) is 12.4. The van der Waals surface area contributed by atoms with E-state index in [-0.39, 0.29) is 0 Å². The minimum absolute atomic E-state index is 0.710. The van der Waals surface area contributed by atoms with Crippen LogP contribution < -0.4 is 21.7 Å². The number of rotatable bonds is 2. The summed E-state index contributed by atoms with van der Waals surface area (Å²) in [6.45, 7) is 0. The molecule has 8 bridgehead atoms. The van der Waals surface area contributed by atoms with E-state index in [1.54, 1.807) is 0 Å². The van der Waals surface area contributed by atoms with Crippen LogP contribution in [0.2, 0.25) is 0 Å². The highest BCUT2D eigenvalue weighted by Gasteiger charge is 2.29. The Bertz CT molecular complexity index is 1840. The van der Waals surface area contributed by atoms with Crippen molar-refractivity contribution >= 4 is 34.9 Å². The van der Waals surface area contributed by atoms with Crippen LogP contribution in [0.25, 0.3) is 23.3 Å². The zero-order valence-corrected chi connectivity index (χ0v) is 20.3.